The molecule has 3 aromatic rings. The fourth-order valence-corrected chi connectivity index (χ4v) is 4.01. The second-order valence-corrected chi connectivity index (χ2v) is 7.82. The van der Waals surface area contributed by atoms with Crippen molar-refractivity contribution in [2.75, 3.05) is 6.54 Å². The van der Waals surface area contributed by atoms with Gasteiger partial charge in [-0.2, -0.15) is 5.10 Å². The van der Waals surface area contributed by atoms with Gasteiger partial charge in [-0.15, -0.1) is 5.10 Å². The Morgan fingerprint density at radius 1 is 1.03 bits per heavy atom. The highest BCUT2D eigenvalue weighted by molar-refractivity contribution is 5.73. The minimum absolute atomic E-state index is 0.435. The van der Waals surface area contributed by atoms with E-state index in [4.69, 9.17) is 0 Å². The molecular weight excluding hydrogens is 386 g/mol. The molecule has 1 aromatic heterocycles. The van der Waals surface area contributed by atoms with Crippen molar-refractivity contribution in [3.63, 3.8) is 0 Å². The zero-order valence-electron chi connectivity index (χ0n) is 17.6. The van der Waals surface area contributed by atoms with E-state index in [1.165, 1.54) is 11.1 Å². The third kappa shape index (κ3) is 4.99. The lowest BCUT2D eigenvalue weighted by Gasteiger charge is -2.32. The molecular formula is C26H25N3O2. The van der Waals surface area contributed by atoms with Crippen LogP contribution in [0.4, 0.5) is 0 Å². The maximum absolute atomic E-state index is 11.5. The quantitative estimate of drug-likeness (QED) is 0.649. The molecule has 0 bridgehead atoms. The zero-order valence-corrected chi connectivity index (χ0v) is 17.6. The predicted octanol–water partition coefficient (Wildman–Crippen LogP) is 4.29. The van der Waals surface area contributed by atoms with Gasteiger partial charge in [0.05, 0.1) is 5.69 Å². The van der Waals surface area contributed by atoms with E-state index in [1.807, 2.05) is 47.4 Å². The maximum Gasteiger partial charge on any atom is 0.320 e. The van der Waals surface area contributed by atoms with Gasteiger partial charge < -0.3 is 5.11 Å². The molecule has 1 aliphatic heterocycles. The number of aliphatic carboxylic acids is 1. The van der Waals surface area contributed by atoms with Crippen LogP contribution in [-0.4, -0.2) is 38.8 Å². The first-order valence-electron chi connectivity index (χ1n) is 10.6. The van der Waals surface area contributed by atoms with E-state index in [0.29, 0.717) is 18.7 Å². The number of carboxylic acids is 1. The molecule has 1 unspecified atom stereocenters. The lowest BCUT2D eigenvalue weighted by Crippen LogP contribution is -2.44. The van der Waals surface area contributed by atoms with Gasteiger partial charge in [0.25, 0.3) is 0 Å². The molecule has 0 aliphatic carbocycles. The first-order chi connectivity index (χ1) is 15.1. The van der Waals surface area contributed by atoms with Crippen LogP contribution in [0.15, 0.2) is 60.7 Å². The van der Waals surface area contributed by atoms with Crippen molar-refractivity contribution >= 4 is 5.97 Å². The van der Waals surface area contributed by atoms with Gasteiger partial charge in [0.15, 0.2) is 0 Å². The van der Waals surface area contributed by atoms with Gasteiger partial charge in [-0.3, -0.25) is 9.69 Å². The van der Waals surface area contributed by atoms with E-state index < -0.39 is 12.0 Å². The highest BCUT2D eigenvalue weighted by atomic mass is 16.4. The van der Waals surface area contributed by atoms with E-state index in [-0.39, 0.29) is 0 Å². The number of piperidine rings is 1. The fourth-order valence-electron chi connectivity index (χ4n) is 4.01. The first kappa shape index (κ1) is 20.8. The number of benzene rings is 2. The lowest BCUT2D eigenvalue weighted by molar-refractivity contribution is -0.144. The summed E-state index contributed by atoms with van der Waals surface area (Å²) in [7, 11) is 0. The van der Waals surface area contributed by atoms with Crippen LogP contribution in [0.25, 0.3) is 11.1 Å². The molecule has 1 aliphatic rings. The Hall–Kier alpha value is -3.49. The summed E-state index contributed by atoms with van der Waals surface area (Å²) in [4.78, 5) is 13.4. The maximum atomic E-state index is 11.5. The normalized spacial score (nSPS) is 16.4. The van der Waals surface area contributed by atoms with Crippen molar-refractivity contribution in [3.05, 3.63) is 83.2 Å². The van der Waals surface area contributed by atoms with Crippen molar-refractivity contribution in [1.82, 2.24) is 15.1 Å². The fraction of sp³-hybridized carbons (Fsp3) is 0.269. The highest BCUT2D eigenvalue weighted by Crippen LogP contribution is 2.25. The Morgan fingerprint density at radius 3 is 2.61 bits per heavy atom. The molecule has 2 heterocycles. The molecule has 156 valence electrons. The Morgan fingerprint density at radius 2 is 1.87 bits per heavy atom. The van der Waals surface area contributed by atoms with Crippen LogP contribution in [0.1, 0.15) is 41.8 Å². The SMILES string of the molecule is Cc1c(C#Cc2ccc(CN3CCCCC3C(=O)O)nn2)cccc1-c1ccccc1. The summed E-state index contributed by atoms with van der Waals surface area (Å²) in [5.74, 6) is 5.57. The number of hydrogen-bond acceptors (Lipinski definition) is 4. The van der Waals surface area contributed by atoms with Gasteiger partial charge in [-0.25, -0.2) is 0 Å². The van der Waals surface area contributed by atoms with Crippen LogP contribution < -0.4 is 0 Å². The van der Waals surface area contributed by atoms with Gasteiger partial charge in [-0.05, 0) is 67.1 Å². The van der Waals surface area contributed by atoms with E-state index in [9.17, 15) is 9.90 Å². The Bertz CT molecular complexity index is 1110. The molecule has 0 saturated carbocycles. The van der Waals surface area contributed by atoms with Crippen LogP contribution in [0.5, 0.6) is 0 Å². The van der Waals surface area contributed by atoms with Crippen molar-refractivity contribution in [2.45, 2.75) is 38.8 Å². The van der Waals surface area contributed by atoms with E-state index in [1.54, 1.807) is 0 Å². The second kappa shape index (κ2) is 9.55. The Labute approximate surface area is 182 Å². The molecule has 4 rings (SSSR count). The van der Waals surface area contributed by atoms with Gasteiger partial charge in [0.2, 0.25) is 0 Å². The number of carboxylic acid groups (broad SMARTS) is 1. The molecule has 5 heteroatoms. The van der Waals surface area contributed by atoms with Crippen LogP contribution in [0.3, 0.4) is 0 Å². The summed E-state index contributed by atoms with van der Waals surface area (Å²) in [6.07, 6.45) is 2.66. The molecule has 1 saturated heterocycles. The van der Waals surface area contributed by atoms with Gasteiger partial charge in [-0.1, -0.05) is 54.8 Å². The molecule has 31 heavy (non-hydrogen) atoms. The molecule has 1 N–H and O–H groups in total. The number of rotatable bonds is 4. The number of nitrogens with zero attached hydrogens (tertiary/aromatic N) is 3. The molecule has 0 amide bonds. The number of likely N-dealkylation sites (tertiary alicyclic amines) is 1. The molecule has 5 nitrogen and oxygen atoms in total. The average Bonchev–Trinajstić information content (AvgIpc) is 2.80. The summed E-state index contributed by atoms with van der Waals surface area (Å²) in [6.45, 7) is 3.35. The van der Waals surface area contributed by atoms with Crippen molar-refractivity contribution in [1.29, 1.82) is 0 Å². The topological polar surface area (TPSA) is 66.3 Å². The first-order valence-corrected chi connectivity index (χ1v) is 10.6. The summed E-state index contributed by atoms with van der Waals surface area (Å²) in [5, 5.41) is 17.9. The third-order valence-electron chi connectivity index (χ3n) is 5.73. The second-order valence-electron chi connectivity index (χ2n) is 7.82. The molecule has 2 aromatic carbocycles. The van der Waals surface area contributed by atoms with Crippen molar-refractivity contribution < 1.29 is 9.90 Å². The Kier molecular flexibility index (Phi) is 6.40. The van der Waals surface area contributed by atoms with Gasteiger partial charge in [0, 0.05) is 12.1 Å². The third-order valence-corrected chi connectivity index (χ3v) is 5.73. The summed E-state index contributed by atoms with van der Waals surface area (Å²) >= 11 is 0. The van der Waals surface area contributed by atoms with E-state index >= 15 is 0 Å². The molecule has 1 fully saturated rings. The number of carbonyl (C=O) groups is 1. The standard InChI is InChI=1S/C26H25N3O2/c1-19-20(10-7-11-24(19)21-8-3-2-4-9-21)13-14-22-15-16-23(28-27-22)18-29-17-6-5-12-25(29)26(30)31/h2-4,7-11,15-16,25H,5-6,12,17-18H2,1H3,(H,30,31). The summed E-state index contributed by atoms with van der Waals surface area (Å²) in [5.41, 5.74) is 5.80. The average molecular weight is 412 g/mol. The summed E-state index contributed by atoms with van der Waals surface area (Å²) in [6, 6.07) is 19.7. The summed E-state index contributed by atoms with van der Waals surface area (Å²) < 4.78 is 0. The largest absolute Gasteiger partial charge is 0.480 e. The van der Waals surface area contributed by atoms with Crippen LogP contribution >= 0.6 is 0 Å². The monoisotopic (exact) mass is 411 g/mol. The van der Waals surface area contributed by atoms with Gasteiger partial charge in [0.1, 0.15) is 11.7 Å². The molecule has 0 spiro atoms. The minimum atomic E-state index is -0.761. The smallest absolute Gasteiger partial charge is 0.320 e. The molecule has 0 radical (unpaired) electrons. The Balaban J connectivity index is 1.49. The van der Waals surface area contributed by atoms with Crippen LogP contribution in [0, 0.1) is 18.8 Å². The van der Waals surface area contributed by atoms with E-state index in [2.05, 4.69) is 47.2 Å². The molecule has 1 atom stereocenters. The van der Waals surface area contributed by atoms with Crippen LogP contribution in [-0.2, 0) is 11.3 Å². The van der Waals surface area contributed by atoms with Crippen LogP contribution in [0.2, 0.25) is 0 Å². The minimum Gasteiger partial charge on any atom is -0.480 e. The van der Waals surface area contributed by atoms with Crippen molar-refractivity contribution in [3.8, 4) is 23.0 Å². The predicted molar refractivity (Wildman–Crippen MR) is 120 cm³/mol. The number of hydrogen-bond donors (Lipinski definition) is 1. The highest BCUT2D eigenvalue weighted by Gasteiger charge is 2.28. The van der Waals surface area contributed by atoms with Crippen molar-refractivity contribution in [2.24, 2.45) is 0 Å². The van der Waals surface area contributed by atoms with Gasteiger partial charge >= 0.3 is 5.97 Å². The zero-order chi connectivity index (χ0) is 21.6. The van der Waals surface area contributed by atoms with E-state index in [0.717, 1.165) is 36.2 Å². The lowest BCUT2D eigenvalue weighted by atomic mass is 9.97. The number of aromatic nitrogens is 2.